The molecule has 0 aromatic heterocycles. The Morgan fingerprint density at radius 1 is 1.33 bits per heavy atom. The van der Waals surface area contributed by atoms with Crippen molar-refractivity contribution in [3.8, 4) is 6.07 Å². The minimum Gasteiger partial charge on any atom is -0.305 e. The van der Waals surface area contributed by atoms with Crippen molar-refractivity contribution in [1.82, 2.24) is 15.1 Å². The molecular weight excluding hydrogens is 224 g/mol. The molecule has 4 nitrogen and oxygen atoms in total. The van der Waals surface area contributed by atoms with Crippen LogP contribution < -0.4 is 5.32 Å². The second kappa shape index (κ2) is 6.01. The normalized spacial score (nSPS) is 35.3. The van der Waals surface area contributed by atoms with E-state index in [0.29, 0.717) is 6.04 Å². The second-order valence-electron chi connectivity index (χ2n) is 5.81. The average molecular weight is 250 g/mol. The lowest BCUT2D eigenvalue weighted by molar-refractivity contribution is 0.198. The first-order chi connectivity index (χ1) is 8.69. The molecule has 18 heavy (non-hydrogen) atoms. The Bertz CT molecular complexity index is 311. The number of rotatable bonds is 3. The largest absolute Gasteiger partial charge is 0.305 e. The lowest BCUT2D eigenvalue weighted by atomic mass is 9.99. The molecule has 0 radical (unpaired) electrons. The summed E-state index contributed by atoms with van der Waals surface area (Å²) in [6.07, 6.45) is 4.44. The standard InChI is InChI=1S/C14H26N4/c1-3-16-14(12-15)6-5-13(11-14)18-8-4-7-17(2)9-10-18/h13,16H,3-11H2,1-2H3. The van der Waals surface area contributed by atoms with Gasteiger partial charge in [-0.25, -0.2) is 0 Å². The Morgan fingerprint density at radius 2 is 2.17 bits per heavy atom. The summed E-state index contributed by atoms with van der Waals surface area (Å²) in [5.41, 5.74) is -0.252. The molecule has 1 aliphatic carbocycles. The maximum atomic E-state index is 9.42. The smallest absolute Gasteiger partial charge is 0.108 e. The highest BCUT2D eigenvalue weighted by atomic mass is 15.2. The zero-order valence-electron chi connectivity index (χ0n) is 11.8. The first kappa shape index (κ1) is 13.8. The first-order valence-electron chi connectivity index (χ1n) is 7.28. The van der Waals surface area contributed by atoms with Crippen LogP contribution in [0.5, 0.6) is 0 Å². The molecule has 4 heteroatoms. The highest BCUT2D eigenvalue weighted by molar-refractivity contribution is 5.13. The molecule has 102 valence electrons. The summed E-state index contributed by atoms with van der Waals surface area (Å²) in [5, 5.41) is 12.8. The SMILES string of the molecule is CCNC1(C#N)CCC(N2CCCN(C)CC2)C1. The Morgan fingerprint density at radius 3 is 2.89 bits per heavy atom. The van der Waals surface area contributed by atoms with Gasteiger partial charge in [-0.1, -0.05) is 6.92 Å². The molecule has 2 aliphatic rings. The van der Waals surface area contributed by atoms with Gasteiger partial charge in [0.05, 0.1) is 6.07 Å². The summed E-state index contributed by atoms with van der Waals surface area (Å²) in [6.45, 7) is 7.71. The van der Waals surface area contributed by atoms with Crippen molar-refractivity contribution in [2.24, 2.45) is 0 Å². The van der Waals surface area contributed by atoms with Gasteiger partial charge in [0.1, 0.15) is 5.54 Å². The third kappa shape index (κ3) is 3.03. The van der Waals surface area contributed by atoms with E-state index in [9.17, 15) is 5.26 Å². The quantitative estimate of drug-likeness (QED) is 0.813. The van der Waals surface area contributed by atoms with Crippen LogP contribution in [0.15, 0.2) is 0 Å². The van der Waals surface area contributed by atoms with E-state index in [1.807, 2.05) is 0 Å². The monoisotopic (exact) mass is 250 g/mol. The Kier molecular flexibility index (Phi) is 4.60. The average Bonchev–Trinajstić information content (AvgIpc) is 2.67. The van der Waals surface area contributed by atoms with Crippen molar-refractivity contribution in [3.63, 3.8) is 0 Å². The minimum absolute atomic E-state index is 0.252. The fourth-order valence-corrected chi connectivity index (χ4v) is 3.40. The summed E-state index contributed by atoms with van der Waals surface area (Å²) in [5.74, 6) is 0. The van der Waals surface area contributed by atoms with Crippen LogP contribution in [0.3, 0.4) is 0 Å². The van der Waals surface area contributed by atoms with Gasteiger partial charge in [0.2, 0.25) is 0 Å². The van der Waals surface area contributed by atoms with Crippen molar-refractivity contribution in [2.75, 3.05) is 39.8 Å². The zero-order valence-corrected chi connectivity index (χ0v) is 11.8. The van der Waals surface area contributed by atoms with Crippen LogP contribution in [-0.2, 0) is 0 Å². The van der Waals surface area contributed by atoms with Crippen LogP contribution in [0.2, 0.25) is 0 Å². The molecule has 0 aromatic carbocycles. The molecule has 2 rings (SSSR count). The first-order valence-corrected chi connectivity index (χ1v) is 7.28. The molecule has 0 spiro atoms. The molecule has 2 unspecified atom stereocenters. The number of hydrogen-bond acceptors (Lipinski definition) is 4. The van der Waals surface area contributed by atoms with Crippen LogP contribution in [-0.4, -0.2) is 61.2 Å². The van der Waals surface area contributed by atoms with Crippen LogP contribution in [0.4, 0.5) is 0 Å². The van der Waals surface area contributed by atoms with Gasteiger partial charge in [0.25, 0.3) is 0 Å². The minimum atomic E-state index is -0.252. The number of likely N-dealkylation sites (N-methyl/N-ethyl adjacent to an activating group) is 1. The fraction of sp³-hybridized carbons (Fsp3) is 0.929. The van der Waals surface area contributed by atoms with Crippen LogP contribution in [0.1, 0.15) is 32.6 Å². The van der Waals surface area contributed by atoms with Crippen molar-refractivity contribution < 1.29 is 0 Å². The molecular formula is C14H26N4. The molecule has 1 aliphatic heterocycles. The summed E-state index contributed by atoms with van der Waals surface area (Å²) in [7, 11) is 2.20. The van der Waals surface area contributed by atoms with Gasteiger partial charge in [-0.2, -0.15) is 5.26 Å². The highest BCUT2D eigenvalue weighted by Crippen LogP contribution is 2.33. The third-order valence-electron chi connectivity index (χ3n) is 4.49. The predicted molar refractivity (Wildman–Crippen MR) is 73.3 cm³/mol. The maximum absolute atomic E-state index is 9.42. The van der Waals surface area contributed by atoms with Gasteiger partial charge in [-0.05, 0) is 52.4 Å². The van der Waals surface area contributed by atoms with E-state index in [1.54, 1.807) is 0 Å². The third-order valence-corrected chi connectivity index (χ3v) is 4.49. The zero-order chi connectivity index (χ0) is 13.0. The predicted octanol–water partition coefficient (Wildman–Crippen LogP) is 1.05. The van der Waals surface area contributed by atoms with Gasteiger partial charge in [0, 0.05) is 19.1 Å². The van der Waals surface area contributed by atoms with Crippen molar-refractivity contribution in [1.29, 1.82) is 5.26 Å². The van der Waals surface area contributed by atoms with E-state index in [-0.39, 0.29) is 5.54 Å². The fourth-order valence-electron chi connectivity index (χ4n) is 3.40. The van der Waals surface area contributed by atoms with E-state index >= 15 is 0 Å². The lowest BCUT2D eigenvalue weighted by Crippen LogP contribution is -2.44. The van der Waals surface area contributed by atoms with Crippen LogP contribution >= 0.6 is 0 Å². The van der Waals surface area contributed by atoms with Crippen molar-refractivity contribution in [3.05, 3.63) is 0 Å². The highest BCUT2D eigenvalue weighted by Gasteiger charge is 2.41. The molecule has 0 bridgehead atoms. The maximum Gasteiger partial charge on any atom is 0.108 e. The lowest BCUT2D eigenvalue weighted by Gasteiger charge is -2.29. The van der Waals surface area contributed by atoms with E-state index < -0.39 is 0 Å². The van der Waals surface area contributed by atoms with E-state index in [2.05, 4.69) is 35.2 Å². The summed E-state index contributed by atoms with van der Waals surface area (Å²) >= 11 is 0. The van der Waals surface area contributed by atoms with Gasteiger partial charge >= 0.3 is 0 Å². The number of nitriles is 1. The Labute approximate surface area is 111 Å². The topological polar surface area (TPSA) is 42.3 Å². The van der Waals surface area contributed by atoms with E-state index in [4.69, 9.17) is 0 Å². The Hall–Kier alpha value is -0.630. The molecule has 0 aromatic rings. The van der Waals surface area contributed by atoms with Crippen molar-refractivity contribution >= 4 is 0 Å². The molecule has 1 N–H and O–H groups in total. The molecule has 2 atom stereocenters. The van der Waals surface area contributed by atoms with Crippen molar-refractivity contribution in [2.45, 2.75) is 44.2 Å². The van der Waals surface area contributed by atoms with Gasteiger partial charge in [-0.15, -0.1) is 0 Å². The van der Waals surface area contributed by atoms with Gasteiger partial charge < -0.3 is 4.90 Å². The molecule has 1 heterocycles. The molecule has 1 saturated carbocycles. The Balaban J connectivity index is 1.93. The van der Waals surface area contributed by atoms with Gasteiger partial charge in [-0.3, -0.25) is 10.2 Å². The number of hydrogen-bond donors (Lipinski definition) is 1. The van der Waals surface area contributed by atoms with Gasteiger partial charge in [0.15, 0.2) is 0 Å². The molecule has 0 amide bonds. The van der Waals surface area contributed by atoms with Crippen LogP contribution in [0.25, 0.3) is 0 Å². The number of nitrogens with one attached hydrogen (secondary N) is 1. The van der Waals surface area contributed by atoms with Crippen LogP contribution in [0, 0.1) is 11.3 Å². The summed E-state index contributed by atoms with van der Waals surface area (Å²) in [4.78, 5) is 5.02. The second-order valence-corrected chi connectivity index (χ2v) is 5.81. The van der Waals surface area contributed by atoms with E-state index in [0.717, 1.165) is 32.5 Å². The molecule has 2 fully saturated rings. The van der Waals surface area contributed by atoms with E-state index in [1.165, 1.54) is 25.9 Å². The summed E-state index contributed by atoms with van der Waals surface area (Å²) in [6, 6.07) is 3.13. The number of nitrogens with zero attached hydrogens (tertiary/aromatic N) is 3. The summed E-state index contributed by atoms with van der Waals surface area (Å²) < 4.78 is 0. The molecule has 1 saturated heterocycles.